The van der Waals surface area contributed by atoms with Crippen LogP contribution in [0.1, 0.15) is 37.7 Å². The molecule has 0 saturated heterocycles. The van der Waals surface area contributed by atoms with Gasteiger partial charge in [-0.2, -0.15) is 0 Å². The highest BCUT2D eigenvalue weighted by atomic mass is 16.1. The van der Waals surface area contributed by atoms with Crippen LogP contribution in [0.15, 0.2) is 55.1 Å². The Bertz CT molecular complexity index is 389. The number of benzene rings is 1. The number of allylic oxidation sites excluding steroid dienone is 2. The maximum Gasteiger partial charge on any atom is 0.133 e. The summed E-state index contributed by atoms with van der Waals surface area (Å²) in [5.74, 6) is 0.332. The number of carbonyl (C=O) groups excluding carboxylic acids is 1. The Balaban J connectivity index is 2.18. The third-order valence-corrected chi connectivity index (χ3v) is 2.99. The van der Waals surface area contributed by atoms with Crippen LogP contribution < -0.4 is 0 Å². The lowest BCUT2D eigenvalue weighted by Gasteiger charge is -2.04. The number of Topliss-reactive ketones (excluding diaryl/α,β-unsaturated/α-hetero) is 1. The van der Waals surface area contributed by atoms with Crippen LogP contribution >= 0.6 is 0 Å². The molecule has 0 fully saturated rings. The molecule has 0 saturated carbocycles. The zero-order chi connectivity index (χ0) is 13.2. The van der Waals surface area contributed by atoms with Crippen molar-refractivity contribution < 1.29 is 4.79 Å². The molecule has 96 valence electrons. The van der Waals surface area contributed by atoms with Gasteiger partial charge in [-0.3, -0.25) is 4.79 Å². The van der Waals surface area contributed by atoms with Crippen molar-refractivity contribution in [1.82, 2.24) is 0 Å². The van der Waals surface area contributed by atoms with Gasteiger partial charge < -0.3 is 0 Å². The van der Waals surface area contributed by atoms with E-state index in [-0.39, 0.29) is 0 Å². The van der Waals surface area contributed by atoms with E-state index in [1.165, 1.54) is 5.56 Å². The van der Waals surface area contributed by atoms with E-state index in [9.17, 15) is 4.79 Å². The second-order valence-electron chi connectivity index (χ2n) is 4.60. The molecule has 1 aromatic carbocycles. The lowest BCUT2D eigenvalue weighted by molar-refractivity contribution is -0.119. The Kier molecular flexibility index (Phi) is 6.78. The van der Waals surface area contributed by atoms with E-state index in [0.29, 0.717) is 18.6 Å². The fourth-order valence-corrected chi connectivity index (χ4v) is 1.80. The SMILES string of the molecule is C=CCCC(=C)CCC(=O)CCc1ccccc1. The van der Waals surface area contributed by atoms with E-state index >= 15 is 0 Å². The number of rotatable bonds is 9. The molecule has 0 aromatic heterocycles. The van der Waals surface area contributed by atoms with Crippen molar-refractivity contribution in [2.45, 2.75) is 38.5 Å². The molecule has 0 unspecified atom stereocenters. The van der Waals surface area contributed by atoms with E-state index in [0.717, 1.165) is 31.3 Å². The van der Waals surface area contributed by atoms with Crippen LogP contribution in [0.5, 0.6) is 0 Å². The van der Waals surface area contributed by atoms with Gasteiger partial charge in [-0.25, -0.2) is 0 Å². The summed E-state index contributed by atoms with van der Waals surface area (Å²) < 4.78 is 0. The highest BCUT2D eigenvalue weighted by molar-refractivity contribution is 5.78. The van der Waals surface area contributed by atoms with Gasteiger partial charge in [-0.05, 0) is 31.2 Å². The Morgan fingerprint density at radius 3 is 2.44 bits per heavy atom. The summed E-state index contributed by atoms with van der Waals surface area (Å²) in [7, 11) is 0. The van der Waals surface area contributed by atoms with E-state index in [1.54, 1.807) is 0 Å². The number of carbonyl (C=O) groups is 1. The van der Waals surface area contributed by atoms with Crippen LogP contribution in [0.25, 0.3) is 0 Å². The van der Waals surface area contributed by atoms with Crippen molar-refractivity contribution in [3.05, 3.63) is 60.7 Å². The predicted octanol–water partition coefficient (Wildman–Crippen LogP) is 4.49. The summed E-state index contributed by atoms with van der Waals surface area (Å²) in [6.45, 7) is 7.67. The van der Waals surface area contributed by atoms with Gasteiger partial charge in [-0.15, -0.1) is 6.58 Å². The first-order chi connectivity index (χ1) is 8.72. The third kappa shape index (κ3) is 6.19. The fourth-order valence-electron chi connectivity index (χ4n) is 1.80. The molecule has 1 nitrogen and oxygen atoms in total. The molecule has 0 atom stereocenters. The molecular weight excluding hydrogens is 220 g/mol. The fraction of sp³-hybridized carbons (Fsp3) is 0.353. The van der Waals surface area contributed by atoms with Crippen LogP contribution in [0.4, 0.5) is 0 Å². The van der Waals surface area contributed by atoms with E-state index in [4.69, 9.17) is 0 Å². The molecule has 0 N–H and O–H groups in total. The smallest absolute Gasteiger partial charge is 0.133 e. The molecule has 0 heterocycles. The quantitative estimate of drug-likeness (QED) is 0.583. The minimum Gasteiger partial charge on any atom is -0.300 e. The molecule has 0 aliphatic heterocycles. The first kappa shape index (κ1) is 14.4. The van der Waals surface area contributed by atoms with E-state index in [1.807, 2.05) is 24.3 Å². The van der Waals surface area contributed by atoms with Crippen LogP contribution in [0.2, 0.25) is 0 Å². The Hall–Kier alpha value is -1.63. The topological polar surface area (TPSA) is 17.1 Å². The monoisotopic (exact) mass is 242 g/mol. The van der Waals surface area contributed by atoms with Crippen molar-refractivity contribution in [2.75, 3.05) is 0 Å². The zero-order valence-corrected chi connectivity index (χ0v) is 11.0. The second-order valence-corrected chi connectivity index (χ2v) is 4.60. The van der Waals surface area contributed by atoms with Crippen molar-refractivity contribution >= 4 is 5.78 Å². The molecule has 1 rings (SSSR count). The summed E-state index contributed by atoms with van der Waals surface area (Å²) in [5.41, 5.74) is 2.39. The average Bonchev–Trinajstić information content (AvgIpc) is 2.41. The first-order valence-corrected chi connectivity index (χ1v) is 6.55. The van der Waals surface area contributed by atoms with Crippen LogP contribution in [0.3, 0.4) is 0 Å². The van der Waals surface area contributed by atoms with Crippen molar-refractivity contribution in [3.8, 4) is 0 Å². The molecule has 0 spiro atoms. The number of hydrogen-bond donors (Lipinski definition) is 0. The molecule has 0 amide bonds. The summed E-state index contributed by atoms with van der Waals surface area (Å²) in [4.78, 5) is 11.7. The highest BCUT2D eigenvalue weighted by Crippen LogP contribution is 2.12. The Morgan fingerprint density at radius 2 is 1.78 bits per heavy atom. The normalized spacial score (nSPS) is 10.0. The lowest BCUT2D eigenvalue weighted by Crippen LogP contribution is -2.00. The molecule has 18 heavy (non-hydrogen) atoms. The van der Waals surface area contributed by atoms with Gasteiger partial charge in [0.2, 0.25) is 0 Å². The van der Waals surface area contributed by atoms with E-state index in [2.05, 4.69) is 25.3 Å². The van der Waals surface area contributed by atoms with Gasteiger partial charge >= 0.3 is 0 Å². The lowest BCUT2D eigenvalue weighted by atomic mass is 10.0. The van der Waals surface area contributed by atoms with E-state index < -0.39 is 0 Å². The minimum atomic E-state index is 0.332. The maximum absolute atomic E-state index is 11.7. The van der Waals surface area contributed by atoms with Gasteiger partial charge in [0, 0.05) is 12.8 Å². The predicted molar refractivity (Wildman–Crippen MR) is 77.6 cm³/mol. The van der Waals surface area contributed by atoms with Crippen molar-refractivity contribution in [1.29, 1.82) is 0 Å². The molecular formula is C17H22O. The van der Waals surface area contributed by atoms with Crippen LogP contribution in [0, 0.1) is 0 Å². The molecule has 0 radical (unpaired) electrons. The molecule has 1 aromatic rings. The van der Waals surface area contributed by atoms with Crippen LogP contribution in [-0.4, -0.2) is 5.78 Å². The average molecular weight is 242 g/mol. The molecule has 0 aliphatic carbocycles. The van der Waals surface area contributed by atoms with Gasteiger partial charge in [0.1, 0.15) is 5.78 Å². The highest BCUT2D eigenvalue weighted by Gasteiger charge is 2.04. The summed E-state index contributed by atoms with van der Waals surface area (Å²) in [6, 6.07) is 10.1. The number of hydrogen-bond acceptors (Lipinski definition) is 1. The van der Waals surface area contributed by atoms with Crippen LogP contribution in [-0.2, 0) is 11.2 Å². The number of ketones is 1. The van der Waals surface area contributed by atoms with Crippen molar-refractivity contribution in [2.24, 2.45) is 0 Å². The van der Waals surface area contributed by atoms with Gasteiger partial charge in [-0.1, -0.05) is 48.6 Å². The van der Waals surface area contributed by atoms with Gasteiger partial charge in [0.25, 0.3) is 0 Å². The third-order valence-electron chi connectivity index (χ3n) is 2.99. The first-order valence-electron chi connectivity index (χ1n) is 6.55. The summed E-state index contributed by atoms with van der Waals surface area (Å²) in [5, 5.41) is 0. The second kappa shape index (κ2) is 8.46. The number of aryl methyl sites for hydroxylation is 1. The Morgan fingerprint density at radius 1 is 1.06 bits per heavy atom. The largest absolute Gasteiger partial charge is 0.300 e. The molecule has 1 heteroatoms. The van der Waals surface area contributed by atoms with Crippen molar-refractivity contribution in [3.63, 3.8) is 0 Å². The Labute approximate surface area is 110 Å². The summed E-state index contributed by atoms with van der Waals surface area (Å²) in [6.07, 6.45) is 6.73. The summed E-state index contributed by atoms with van der Waals surface area (Å²) >= 11 is 0. The van der Waals surface area contributed by atoms with Gasteiger partial charge in [0.05, 0.1) is 0 Å². The zero-order valence-electron chi connectivity index (χ0n) is 11.0. The molecule has 0 bridgehead atoms. The minimum absolute atomic E-state index is 0.332. The maximum atomic E-state index is 11.7. The standard InChI is InChI=1S/C17H22O/c1-3-4-8-15(2)11-13-17(18)14-12-16-9-6-5-7-10-16/h3,5-7,9-10H,1-2,4,8,11-14H2. The van der Waals surface area contributed by atoms with Gasteiger partial charge in [0.15, 0.2) is 0 Å². The molecule has 0 aliphatic rings.